The van der Waals surface area contributed by atoms with Crippen molar-refractivity contribution in [3.05, 3.63) is 59.2 Å². The van der Waals surface area contributed by atoms with E-state index in [4.69, 9.17) is 0 Å². The zero-order valence-corrected chi connectivity index (χ0v) is 16.6. The van der Waals surface area contributed by atoms with E-state index in [0.717, 1.165) is 12.0 Å². The molecule has 0 spiro atoms. The predicted molar refractivity (Wildman–Crippen MR) is 105 cm³/mol. The average Bonchev–Trinajstić information content (AvgIpc) is 2.62. The maximum absolute atomic E-state index is 13.0. The fourth-order valence-electron chi connectivity index (χ4n) is 2.68. The third-order valence-corrected chi connectivity index (χ3v) is 6.34. The highest BCUT2D eigenvalue weighted by Gasteiger charge is 2.26. The summed E-state index contributed by atoms with van der Waals surface area (Å²) in [6.07, 6.45) is 0.923. The minimum Gasteiger partial charge on any atom is -0.325 e. The molecule has 0 bridgehead atoms. The molecule has 0 aliphatic carbocycles. The van der Waals surface area contributed by atoms with Crippen molar-refractivity contribution in [2.75, 3.05) is 18.4 Å². The summed E-state index contributed by atoms with van der Waals surface area (Å²) < 4.78 is 27.1. The number of benzene rings is 2. The second-order valence-electron chi connectivity index (χ2n) is 6.30. The molecule has 0 unspecified atom stereocenters. The van der Waals surface area contributed by atoms with Crippen LogP contribution in [0.1, 0.15) is 30.5 Å². The molecular formula is C20H26N2O3S. The molecule has 2 aromatic rings. The van der Waals surface area contributed by atoms with Crippen LogP contribution in [0.5, 0.6) is 0 Å². The van der Waals surface area contributed by atoms with Gasteiger partial charge in [-0.05, 0) is 55.2 Å². The van der Waals surface area contributed by atoms with E-state index in [-0.39, 0.29) is 23.9 Å². The van der Waals surface area contributed by atoms with E-state index in [2.05, 4.69) is 12.2 Å². The first-order valence-corrected chi connectivity index (χ1v) is 10.2. The van der Waals surface area contributed by atoms with E-state index >= 15 is 0 Å². The number of carbonyl (C=O) groups is 1. The number of aryl methyl sites for hydroxylation is 3. The van der Waals surface area contributed by atoms with Crippen molar-refractivity contribution in [1.29, 1.82) is 0 Å². The molecule has 5 nitrogen and oxygen atoms in total. The van der Waals surface area contributed by atoms with Crippen LogP contribution in [0.25, 0.3) is 0 Å². The fraction of sp³-hybridized carbons (Fsp3) is 0.350. The number of rotatable bonds is 7. The normalized spacial score (nSPS) is 11.6. The van der Waals surface area contributed by atoms with E-state index in [1.807, 2.05) is 37.3 Å². The van der Waals surface area contributed by atoms with Crippen LogP contribution < -0.4 is 5.32 Å². The highest BCUT2D eigenvalue weighted by molar-refractivity contribution is 7.89. The first-order valence-electron chi connectivity index (χ1n) is 8.74. The van der Waals surface area contributed by atoms with Gasteiger partial charge in [-0.25, -0.2) is 8.42 Å². The summed E-state index contributed by atoms with van der Waals surface area (Å²) in [6.45, 7) is 7.40. The van der Waals surface area contributed by atoms with Crippen LogP contribution in [0.4, 0.5) is 5.69 Å². The molecule has 0 saturated heterocycles. The monoisotopic (exact) mass is 374 g/mol. The minimum atomic E-state index is -3.73. The number of amides is 1. The lowest BCUT2D eigenvalue weighted by Gasteiger charge is -2.21. The van der Waals surface area contributed by atoms with Gasteiger partial charge in [0.2, 0.25) is 15.9 Å². The molecule has 0 heterocycles. The smallest absolute Gasteiger partial charge is 0.243 e. The molecule has 140 valence electrons. The van der Waals surface area contributed by atoms with Crippen LogP contribution in [-0.2, 0) is 21.2 Å². The van der Waals surface area contributed by atoms with E-state index < -0.39 is 10.0 Å². The number of carbonyl (C=O) groups excluding carboxylic acids is 1. The van der Waals surface area contributed by atoms with E-state index in [1.165, 1.54) is 9.87 Å². The Balaban J connectivity index is 2.16. The number of hydrogen-bond donors (Lipinski definition) is 1. The van der Waals surface area contributed by atoms with Gasteiger partial charge in [0.25, 0.3) is 0 Å². The van der Waals surface area contributed by atoms with E-state index in [0.29, 0.717) is 11.3 Å². The molecule has 0 fully saturated rings. The van der Waals surface area contributed by atoms with Gasteiger partial charge in [0, 0.05) is 12.2 Å². The summed E-state index contributed by atoms with van der Waals surface area (Å²) in [4.78, 5) is 12.6. The third-order valence-electron chi connectivity index (χ3n) is 4.28. The molecule has 0 aromatic heterocycles. The van der Waals surface area contributed by atoms with Crippen molar-refractivity contribution in [3.63, 3.8) is 0 Å². The topological polar surface area (TPSA) is 66.5 Å². The first-order chi connectivity index (χ1) is 12.3. The summed E-state index contributed by atoms with van der Waals surface area (Å²) in [5.74, 6) is -0.357. The summed E-state index contributed by atoms with van der Waals surface area (Å²) in [7, 11) is -3.73. The molecule has 1 amide bonds. The Morgan fingerprint density at radius 1 is 1.04 bits per heavy atom. The maximum atomic E-state index is 13.0. The molecule has 26 heavy (non-hydrogen) atoms. The Morgan fingerprint density at radius 2 is 1.69 bits per heavy atom. The van der Waals surface area contributed by atoms with Gasteiger partial charge in [0.15, 0.2) is 0 Å². The Kier molecular flexibility index (Phi) is 6.56. The van der Waals surface area contributed by atoms with Crippen LogP contribution >= 0.6 is 0 Å². The van der Waals surface area contributed by atoms with Gasteiger partial charge in [-0.3, -0.25) is 4.79 Å². The summed E-state index contributed by atoms with van der Waals surface area (Å²) >= 11 is 0. The fourth-order valence-corrected chi connectivity index (χ4v) is 4.39. The molecule has 0 saturated carbocycles. The van der Waals surface area contributed by atoms with Crippen LogP contribution in [0.2, 0.25) is 0 Å². The maximum Gasteiger partial charge on any atom is 0.243 e. The molecule has 0 aliphatic rings. The zero-order chi connectivity index (χ0) is 19.3. The second kappa shape index (κ2) is 8.47. The van der Waals surface area contributed by atoms with Crippen LogP contribution in [0, 0.1) is 13.8 Å². The van der Waals surface area contributed by atoms with Crippen molar-refractivity contribution in [2.45, 2.75) is 39.0 Å². The number of likely N-dealkylation sites (N-methyl/N-ethyl adjacent to an activating group) is 1. The number of sulfonamides is 1. The molecular weight excluding hydrogens is 348 g/mol. The van der Waals surface area contributed by atoms with Gasteiger partial charge in [-0.1, -0.05) is 38.1 Å². The summed E-state index contributed by atoms with van der Waals surface area (Å²) in [5.41, 5.74) is 3.37. The number of nitrogens with one attached hydrogen (secondary N) is 1. The molecule has 1 N–H and O–H groups in total. The first kappa shape index (κ1) is 20.1. The van der Waals surface area contributed by atoms with Gasteiger partial charge >= 0.3 is 0 Å². The molecule has 0 radical (unpaired) electrons. The molecule has 2 aromatic carbocycles. The number of anilines is 1. The summed E-state index contributed by atoms with van der Waals surface area (Å²) in [6, 6.07) is 12.8. The van der Waals surface area contributed by atoms with Crippen LogP contribution in [-0.4, -0.2) is 31.7 Å². The highest BCUT2D eigenvalue weighted by atomic mass is 32.2. The standard InChI is InChI=1S/C20H26N2O3S/c1-5-17-9-11-18(12-10-17)21-20(23)14-22(6-2)26(24,25)19-13-15(3)7-8-16(19)4/h7-13H,5-6,14H2,1-4H3,(H,21,23). The minimum absolute atomic E-state index is 0.220. The highest BCUT2D eigenvalue weighted by Crippen LogP contribution is 2.21. The Morgan fingerprint density at radius 3 is 2.27 bits per heavy atom. The van der Waals surface area contributed by atoms with Gasteiger partial charge in [0.05, 0.1) is 11.4 Å². The van der Waals surface area contributed by atoms with Crippen molar-refractivity contribution < 1.29 is 13.2 Å². The zero-order valence-electron chi connectivity index (χ0n) is 15.7. The SMILES string of the molecule is CCc1ccc(NC(=O)CN(CC)S(=O)(=O)c2cc(C)ccc2C)cc1. The largest absolute Gasteiger partial charge is 0.325 e. The lowest BCUT2D eigenvalue weighted by molar-refractivity contribution is -0.116. The van der Waals surface area contributed by atoms with Gasteiger partial charge in [0.1, 0.15) is 0 Å². The molecule has 0 aliphatic heterocycles. The van der Waals surface area contributed by atoms with Gasteiger partial charge < -0.3 is 5.32 Å². The van der Waals surface area contributed by atoms with Crippen molar-refractivity contribution in [1.82, 2.24) is 4.31 Å². The predicted octanol–water partition coefficient (Wildman–Crippen LogP) is 3.52. The van der Waals surface area contributed by atoms with E-state index in [1.54, 1.807) is 26.0 Å². The number of hydrogen-bond acceptors (Lipinski definition) is 3. The average molecular weight is 375 g/mol. The van der Waals surface area contributed by atoms with Crippen LogP contribution in [0.15, 0.2) is 47.4 Å². The summed E-state index contributed by atoms with van der Waals surface area (Å²) in [5, 5.41) is 2.76. The lowest BCUT2D eigenvalue weighted by atomic mass is 10.1. The van der Waals surface area contributed by atoms with Crippen molar-refractivity contribution >= 4 is 21.6 Å². The molecule has 0 atom stereocenters. The molecule has 6 heteroatoms. The van der Waals surface area contributed by atoms with Gasteiger partial charge in [-0.2, -0.15) is 4.31 Å². The van der Waals surface area contributed by atoms with Crippen molar-refractivity contribution in [2.24, 2.45) is 0 Å². The lowest BCUT2D eigenvalue weighted by Crippen LogP contribution is -2.38. The quantitative estimate of drug-likeness (QED) is 0.806. The third kappa shape index (κ3) is 4.71. The van der Waals surface area contributed by atoms with Gasteiger partial charge in [-0.15, -0.1) is 0 Å². The second-order valence-corrected chi connectivity index (χ2v) is 8.21. The Bertz CT molecular complexity index is 874. The van der Waals surface area contributed by atoms with Crippen molar-refractivity contribution in [3.8, 4) is 0 Å². The molecule has 2 rings (SSSR count). The van der Waals surface area contributed by atoms with E-state index in [9.17, 15) is 13.2 Å². The Hall–Kier alpha value is -2.18. The number of nitrogens with zero attached hydrogens (tertiary/aromatic N) is 1. The van der Waals surface area contributed by atoms with Crippen LogP contribution in [0.3, 0.4) is 0 Å². The Labute approximate surface area is 156 Å².